The maximum Gasteiger partial charge on any atom is 0.0692 e. The van der Waals surface area contributed by atoms with Crippen molar-refractivity contribution in [3.8, 4) is 5.69 Å². The van der Waals surface area contributed by atoms with Gasteiger partial charge in [0.2, 0.25) is 0 Å². The molecule has 0 bridgehead atoms. The fraction of sp³-hybridized carbons (Fsp3) is 0.0667. The van der Waals surface area contributed by atoms with Crippen molar-refractivity contribution < 1.29 is 5.11 Å². The van der Waals surface area contributed by atoms with Gasteiger partial charge in [-0.2, -0.15) is 0 Å². The molecule has 0 unspecified atom stereocenters. The third-order valence-electron chi connectivity index (χ3n) is 3.08. The van der Waals surface area contributed by atoms with Crippen LogP contribution in [0.5, 0.6) is 0 Å². The van der Waals surface area contributed by atoms with E-state index >= 15 is 0 Å². The molecule has 0 amide bonds. The smallest absolute Gasteiger partial charge is 0.0692 e. The molecule has 3 aromatic rings. The Morgan fingerprint density at radius 2 is 1.89 bits per heavy atom. The second-order valence-electron chi connectivity index (χ2n) is 4.18. The summed E-state index contributed by atoms with van der Waals surface area (Å²) in [6.45, 7) is 0.0489. The quantitative estimate of drug-likeness (QED) is 0.763. The highest BCUT2D eigenvalue weighted by molar-refractivity contribution is 9.10. The van der Waals surface area contributed by atoms with Crippen molar-refractivity contribution in [2.24, 2.45) is 0 Å². The van der Waals surface area contributed by atoms with Crippen LogP contribution in [0.25, 0.3) is 16.6 Å². The van der Waals surface area contributed by atoms with Gasteiger partial charge in [0.15, 0.2) is 0 Å². The number of halogens is 1. The topological polar surface area (TPSA) is 25.2 Å². The predicted molar refractivity (Wildman–Crippen MR) is 76.9 cm³/mol. The fourth-order valence-corrected chi connectivity index (χ4v) is 2.61. The molecule has 3 heteroatoms. The number of hydrogen-bond donors (Lipinski definition) is 1. The van der Waals surface area contributed by atoms with E-state index in [0.717, 1.165) is 15.7 Å². The van der Waals surface area contributed by atoms with Crippen molar-refractivity contribution in [2.45, 2.75) is 6.61 Å². The molecule has 2 aromatic carbocycles. The lowest BCUT2D eigenvalue weighted by atomic mass is 10.2. The zero-order valence-corrected chi connectivity index (χ0v) is 11.3. The molecule has 90 valence electrons. The molecular weight excluding hydrogens is 290 g/mol. The summed E-state index contributed by atoms with van der Waals surface area (Å²) in [5.41, 5.74) is 3.16. The lowest BCUT2D eigenvalue weighted by molar-refractivity contribution is 0.281. The van der Waals surface area contributed by atoms with Crippen LogP contribution >= 0.6 is 15.9 Å². The van der Waals surface area contributed by atoms with Crippen LogP contribution < -0.4 is 0 Å². The van der Waals surface area contributed by atoms with E-state index in [1.54, 1.807) is 0 Å². The minimum Gasteiger partial charge on any atom is -0.392 e. The molecule has 3 rings (SSSR count). The average Bonchev–Trinajstić information content (AvgIpc) is 2.82. The summed E-state index contributed by atoms with van der Waals surface area (Å²) in [5.74, 6) is 0. The van der Waals surface area contributed by atoms with Gasteiger partial charge in [-0.05, 0) is 35.2 Å². The van der Waals surface area contributed by atoms with Crippen LogP contribution in [0.3, 0.4) is 0 Å². The van der Waals surface area contributed by atoms with E-state index < -0.39 is 0 Å². The van der Waals surface area contributed by atoms with E-state index in [1.165, 1.54) is 10.9 Å². The first kappa shape index (κ1) is 11.5. The van der Waals surface area contributed by atoms with Crippen molar-refractivity contribution in [2.75, 3.05) is 0 Å². The third kappa shape index (κ3) is 1.85. The number of hydrogen-bond acceptors (Lipinski definition) is 1. The number of aromatic nitrogens is 1. The van der Waals surface area contributed by atoms with Gasteiger partial charge in [-0.1, -0.05) is 40.2 Å². The van der Waals surface area contributed by atoms with Crippen molar-refractivity contribution in [1.29, 1.82) is 0 Å². The molecule has 0 spiro atoms. The summed E-state index contributed by atoms with van der Waals surface area (Å²) >= 11 is 3.48. The van der Waals surface area contributed by atoms with E-state index in [-0.39, 0.29) is 6.61 Å². The van der Waals surface area contributed by atoms with Gasteiger partial charge in [-0.25, -0.2) is 0 Å². The Balaban J connectivity index is 2.17. The molecule has 1 aromatic heterocycles. The molecule has 0 aliphatic rings. The van der Waals surface area contributed by atoms with Crippen LogP contribution in [-0.2, 0) is 6.61 Å². The SMILES string of the molecule is OCc1ccc(-n2ccc3ccccc32)cc1Br. The Kier molecular flexibility index (Phi) is 2.94. The Morgan fingerprint density at radius 3 is 2.67 bits per heavy atom. The number of rotatable bonds is 2. The molecule has 0 atom stereocenters. The number of para-hydroxylation sites is 1. The van der Waals surface area contributed by atoms with Crippen LogP contribution in [0.15, 0.2) is 59.2 Å². The maximum absolute atomic E-state index is 9.17. The largest absolute Gasteiger partial charge is 0.392 e. The first-order valence-electron chi connectivity index (χ1n) is 5.75. The minimum absolute atomic E-state index is 0.0489. The highest BCUT2D eigenvalue weighted by Crippen LogP contribution is 2.24. The minimum atomic E-state index is 0.0489. The van der Waals surface area contributed by atoms with Crippen LogP contribution in [0, 0.1) is 0 Å². The summed E-state index contributed by atoms with van der Waals surface area (Å²) in [6.07, 6.45) is 2.06. The van der Waals surface area contributed by atoms with Gasteiger partial charge in [0.25, 0.3) is 0 Å². The molecule has 0 saturated heterocycles. The van der Waals surface area contributed by atoms with Gasteiger partial charge in [-0.3, -0.25) is 0 Å². The van der Waals surface area contributed by atoms with Crippen molar-refractivity contribution >= 4 is 26.8 Å². The molecule has 1 N–H and O–H groups in total. The fourth-order valence-electron chi connectivity index (χ4n) is 2.12. The van der Waals surface area contributed by atoms with E-state index in [2.05, 4.69) is 44.9 Å². The Morgan fingerprint density at radius 1 is 1.06 bits per heavy atom. The Hall–Kier alpha value is -1.58. The molecule has 0 aliphatic heterocycles. The van der Waals surface area contributed by atoms with Crippen molar-refractivity contribution in [1.82, 2.24) is 4.57 Å². The lowest BCUT2D eigenvalue weighted by Crippen LogP contribution is -1.93. The molecule has 0 fully saturated rings. The van der Waals surface area contributed by atoms with Crippen molar-refractivity contribution in [3.63, 3.8) is 0 Å². The van der Waals surface area contributed by atoms with Gasteiger partial charge in [0.1, 0.15) is 0 Å². The highest BCUT2D eigenvalue weighted by Gasteiger charge is 2.05. The van der Waals surface area contributed by atoms with E-state index in [9.17, 15) is 5.11 Å². The van der Waals surface area contributed by atoms with E-state index in [1.807, 2.05) is 30.3 Å². The second kappa shape index (κ2) is 4.59. The summed E-state index contributed by atoms with van der Waals surface area (Å²) in [6, 6.07) is 16.4. The molecule has 0 radical (unpaired) electrons. The normalized spacial score (nSPS) is 11.0. The Labute approximate surface area is 114 Å². The number of nitrogens with zero attached hydrogens (tertiary/aromatic N) is 1. The Bertz CT molecular complexity index is 703. The van der Waals surface area contributed by atoms with Gasteiger partial charge >= 0.3 is 0 Å². The summed E-state index contributed by atoms with van der Waals surface area (Å²) in [4.78, 5) is 0. The highest BCUT2D eigenvalue weighted by atomic mass is 79.9. The number of aliphatic hydroxyl groups excluding tert-OH is 1. The van der Waals surface area contributed by atoms with Crippen LogP contribution in [0.2, 0.25) is 0 Å². The molecular formula is C15H12BrNO. The second-order valence-corrected chi connectivity index (χ2v) is 5.03. The maximum atomic E-state index is 9.17. The zero-order valence-electron chi connectivity index (χ0n) is 9.68. The molecule has 2 nitrogen and oxygen atoms in total. The van der Waals surface area contributed by atoms with Gasteiger partial charge in [0.05, 0.1) is 12.1 Å². The van der Waals surface area contributed by atoms with E-state index in [4.69, 9.17) is 0 Å². The molecule has 0 saturated carbocycles. The summed E-state index contributed by atoms with van der Waals surface area (Å²) in [7, 11) is 0. The lowest BCUT2D eigenvalue weighted by Gasteiger charge is -2.08. The van der Waals surface area contributed by atoms with Crippen LogP contribution in [-0.4, -0.2) is 9.67 Å². The van der Waals surface area contributed by atoms with Gasteiger partial charge in [-0.15, -0.1) is 0 Å². The first-order chi connectivity index (χ1) is 8.79. The number of aliphatic hydroxyl groups is 1. The van der Waals surface area contributed by atoms with Gasteiger partial charge in [0, 0.05) is 16.4 Å². The van der Waals surface area contributed by atoms with Gasteiger partial charge < -0.3 is 9.67 Å². The van der Waals surface area contributed by atoms with Crippen LogP contribution in [0.4, 0.5) is 0 Å². The monoisotopic (exact) mass is 301 g/mol. The molecule has 0 aliphatic carbocycles. The number of benzene rings is 2. The predicted octanol–water partition coefficient (Wildman–Crippen LogP) is 3.89. The van der Waals surface area contributed by atoms with Crippen LogP contribution in [0.1, 0.15) is 5.56 Å². The summed E-state index contributed by atoms with van der Waals surface area (Å²) in [5, 5.41) is 10.4. The molecule has 1 heterocycles. The zero-order chi connectivity index (χ0) is 12.5. The first-order valence-corrected chi connectivity index (χ1v) is 6.54. The third-order valence-corrected chi connectivity index (χ3v) is 3.82. The molecule has 18 heavy (non-hydrogen) atoms. The average molecular weight is 302 g/mol. The standard InChI is InChI=1S/C15H12BrNO/c16-14-9-13(6-5-12(14)10-18)17-8-7-11-3-1-2-4-15(11)17/h1-9,18H,10H2. The number of fused-ring (bicyclic) bond motifs is 1. The van der Waals surface area contributed by atoms with Crippen molar-refractivity contribution in [3.05, 3.63) is 64.8 Å². The van der Waals surface area contributed by atoms with E-state index in [0.29, 0.717) is 0 Å². The summed E-state index contributed by atoms with van der Waals surface area (Å²) < 4.78 is 3.07.